The third-order valence-electron chi connectivity index (χ3n) is 2.70. The zero-order chi connectivity index (χ0) is 10.2. The number of hydrogen-bond acceptors (Lipinski definition) is 3. The van der Waals surface area contributed by atoms with Crippen LogP contribution in [0.25, 0.3) is 0 Å². The van der Waals surface area contributed by atoms with Crippen molar-refractivity contribution < 1.29 is 9.53 Å². The number of rotatable bonds is 3. The highest BCUT2D eigenvalue weighted by Gasteiger charge is 2.52. The van der Waals surface area contributed by atoms with Gasteiger partial charge in [0.05, 0.1) is 12.5 Å². The summed E-state index contributed by atoms with van der Waals surface area (Å²) in [6.45, 7) is 0. The molecular weight excluding hydrogens is 180 g/mol. The van der Waals surface area contributed by atoms with Gasteiger partial charge in [-0.25, -0.2) is 4.98 Å². The van der Waals surface area contributed by atoms with Crippen LogP contribution < -0.4 is 10.5 Å². The predicted molar refractivity (Wildman–Crippen MR) is 50.9 cm³/mol. The van der Waals surface area contributed by atoms with Gasteiger partial charge in [-0.05, 0) is 18.9 Å². The summed E-state index contributed by atoms with van der Waals surface area (Å²) in [5.41, 5.74) is 5.67. The summed E-state index contributed by atoms with van der Waals surface area (Å²) in [6, 6.07) is 3.64. The van der Waals surface area contributed by atoms with Gasteiger partial charge < -0.3 is 10.5 Å². The number of methoxy groups -OCH3 is 1. The maximum Gasteiger partial charge on any atom is 0.228 e. The Morgan fingerprint density at radius 1 is 1.64 bits per heavy atom. The van der Waals surface area contributed by atoms with Crippen LogP contribution in [0.3, 0.4) is 0 Å². The van der Waals surface area contributed by atoms with Gasteiger partial charge in [0.2, 0.25) is 11.8 Å². The minimum atomic E-state index is -0.514. The molecule has 1 aliphatic rings. The van der Waals surface area contributed by atoms with Crippen molar-refractivity contribution in [1.29, 1.82) is 0 Å². The lowest BCUT2D eigenvalue weighted by Crippen LogP contribution is -2.28. The summed E-state index contributed by atoms with van der Waals surface area (Å²) in [5.74, 6) is 0.215. The summed E-state index contributed by atoms with van der Waals surface area (Å²) in [7, 11) is 1.54. The molecule has 1 aromatic heterocycles. The first-order valence-corrected chi connectivity index (χ1v) is 4.50. The Hall–Kier alpha value is -1.58. The number of carbonyl (C=O) groups is 1. The molecule has 4 nitrogen and oxygen atoms in total. The molecule has 2 N–H and O–H groups in total. The van der Waals surface area contributed by atoms with Crippen molar-refractivity contribution in [3.05, 3.63) is 23.9 Å². The van der Waals surface area contributed by atoms with E-state index in [1.54, 1.807) is 19.4 Å². The van der Waals surface area contributed by atoms with Crippen molar-refractivity contribution in [3.63, 3.8) is 0 Å². The third kappa shape index (κ3) is 1.14. The second-order valence-corrected chi connectivity index (χ2v) is 3.51. The van der Waals surface area contributed by atoms with E-state index < -0.39 is 5.41 Å². The second-order valence-electron chi connectivity index (χ2n) is 3.51. The van der Waals surface area contributed by atoms with E-state index in [2.05, 4.69) is 4.98 Å². The van der Waals surface area contributed by atoms with Crippen molar-refractivity contribution in [2.24, 2.45) is 5.73 Å². The molecule has 14 heavy (non-hydrogen) atoms. The molecule has 1 aliphatic carbocycles. The Bertz CT molecular complexity index is 372. The molecule has 0 spiro atoms. The molecule has 4 heteroatoms. The molecule has 1 fully saturated rings. The van der Waals surface area contributed by atoms with Crippen LogP contribution in [-0.4, -0.2) is 18.0 Å². The predicted octanol–water partition coefficient (Wildman–Crippen LogP) is 0.607. The van der Waals surface area contributed by atoms with Crippen molar-refractivity contribution >= 4 is 5.91 Å². The number of ether oxygens (including phenoxy) is 1. The fraction of sp³-hybridized carbons (Fsp3) is 0.400. The Kier molecular flexibility index (Phi) is 1.91. The number of carbonyl (C=O) groups excluding carboxylic acids is 1. The third-order valence-corrected chi connectivity index (χ3v) is 2.70. The van der Waals surface area contributed by atoms with Gasteiger partial charge in [0.15, 0.2) is 0 Å². The number of nitrogens with zero attached hydrogens (tertiary/aromatic N) is 1. The molecule has 0 aliphatic heterocycles. The Labute approximate surface area is 82.1 Å². The molecule has 74 valence electrons. The molecule has 1 amide bonds. The van der Waals surface area contributed by atoms with Crippen molar-refractivity contribution in [2.45, 2.75) is 18.3 Å². The second kappa shape index (κ2) is 2.97. The van der Waals surface area contributed by atoms with Gasteiger partial charge in [-0.1, -0.05) is 6.07 Å². The average Bonchev–Trinajstić information content (AvgIpc) is 2.98. The van der Waals surface area contributed by atoms with Crippen LogP contribution in [0.1, 0.15) is 18.4 Å². The first-order valence-electron chi connectivity index (χ1n) is 4.50. The molecule has 1 saturated carbocycles. The van der Waals surface area contributed by atoms with Crippen LogP contribution in [0.15, 0.2) is 18.3 Å². The van der Waals surface area contributed by atoms with Gasteiger partial charge in [0, 0.05) is 11.8 Å². The van der Waals surface area contributed by atoms with Crippen LogP contribution in [0.2, 0.25) is 0 Å². The van der Waals surface area contributed by atoms with E-state index in [9.17, 15) is 4.79 Å². The number of aromatic nitrogens is 1. The maximum absolute atomic E-state index is 11.3. The Balaban J connectivity index is 2.46. The standard InChI is InChI=1S/C10H12N2O2/c1-14-8-7(3-2-6-12-8)10(4-5-10)9(11)13/h2-3,6H,4-5H2,1H3,(H2,11,13). The van der Waals surface area contributed by atoms with Crippen LogP contribution in [-0.2, 0) is 10.2 Å². The summed E-state index contributed by atoms with van der Waals surface area (Å²) < 4.78 is 5.10. The molecule has 0 unspecified atom stereocenters. The summed E-state index contributed by atoms with van der Waals surface area (Å²) in [4.78, 5) is 15.3. The summed E-state index contributed by atoms with van der Waals surface area (Å²) in [5, 5.41) is 0. The van der Waals surface area contributed by atoms with E-state index in [4.69, 9.17) is 10.5 Å². The van der Waals surface area contributed by atoms with Gasteiger partial charge in [0.25, 0.3) is 0 Å². The Morgan fingerprint density at radius 2 is 2.36 bits per heavy atom. The molecule has 2 rings (SSSR count). The van der Waals surface area contributed by atoms with Crippen LogP contribution >= 0.6 is 0 Å². The van der Waals surface area contributed by atoms with Crippen LogP contribution in [0.4, 0.5) is 0 Å². The minimum absolute atomic E-state index is 0.288. The first-order chi connectivity index (χ1) is 6.70. The molecule has 1 heterocycles. The highest BCUT2D eigenvalue weighted by atomic mass is 16.5. The van der Waals surface area contributed by atoms with Crippen LogP contribution in [0, 0.1) is 0 Å². The van der Waals surface area contributed by atoms with E-state index in [0.717, 1.165) is 18.4 Å². The van der Waals surface area contributed by atoms with E-state index in [0.29, 0.717) is 5.88 Å². The molecule has 0 saturated heterocycles. The highest BCUT2D eigenvalue weighted by Crippen LogP contribution is 2.50. The SMILES string of the molecule is COc1ncccc1C1(C(N)=O)CC1. The fourth-order valence-electron chi connectivity index (χ4n) is 1.69. The zero-order valence-electron chi connectivity index (χ0n) is 7.99. The largest absolute Gasteiger partial charge is 0.481 e. The topological polar surface area (TPSA) is 65.2 Å². The summed E-state index contributed by atoms with van der Waals surface area (Å²) >= 11 is 0. The molecule has 0 radical (unpaired) electrons. The van der Waals surface area contributed by atoms with Crippen molar-refractivity contribution in [2.75, 3.05) is 7.11 Å². The molecular formula is C10H12N2O2. The lowest BCUT2D eigenvalue weighted by Gasteiger charge is -2.13. The number of primary amides is 1. The first kappa shape index (κ1) is 8.99. The minimum Gasteiger partial charge on any atom is -0.481 e. The van der Waals surface area contributed by atoms with E-state index in [1.165, 1.54) is 0 Å². The van der Waals surface area contributed by atoms with Crippen molar-refractivity contribution in [1.82, 2.24) is 4.98 Å². The van der Waals surface area contributed by atoms with Gasteiger partial charge >= 0.3 is 0 Å². The zero-order valence-corrected chi connectivity index (χ0v) is 7.99. The normalized spacial score (nSPS) is 17.5. The Morgan fingerprint density at radius 3 is 2.86 bits per heavy atom. The smallest absolute Gasteiger partial charge is 0.228 e. The van der Waals surface area contributed by atoms with E-state index in [1.807, 2.05) is 6.07 Å². The lowest BCUT2D eigenvalue weighted by atomic mass is 9.96. The average molecular weight is 192 g/mol. The maximum atomic E-state index is 11.3. The van der Waals surface area contributed by atoms with Gasteiger partial charge in [-0.15, -0.1) is 0 Å². The number of amides is 1. The molecule has 1 aromatic rings. The van der Waals surface area contributed by atoms with Gasteiger partial charge in [-0.3, -0.25) is 4.79 Å². The van der Waals surface area contributed by atoms with Crippen molar-refractivity contribution in [3.8, 4) is 5.88 Å². The molecule has 0 atom stereocenters. The number of hydrogen-bond donors (Lipinski definition) is 1. The molecule has 0 bridgehead atoms. The fourth-order valence-corrected chi connectivity index (χ4v) is 1.69. The highest BCUT2D eigenvalue weighted by molar-refractivity contribution is 5.90. The van der Waals surface area contributed by atoms with Crippen LogP contribution in [0.5, 0.6) is 5.88 Å². The van der Waals surface area contributed by atoms with Gasteiger partial charge in [-0.2, -0.15) is 0 Å². The quantitative estimate of drug-likeness (QED) is 0.763. The summed E-state index contributed by atoms with van der Waals surface area (Å²) in [6.07, 6.45) is 3.23. The number of nitrogens with two attached hydrogens (primary N) is 1. The number of pyridine rings is 1. The van der Waals surface area contributed by atoms with E-state index in [-0.39, 0.29) is 5.91 Å². The lowest BCUT2D eigenvalue weighted by molar-refractivity contribution is -0.120. The van der Waals surface area contributed by atoms with E-state index >= 15 is 0 Å². The van der Waals surface area contributed by atoms with Gasteiger partial charge in [0.1, 0.15) is 0 Å². The molecule has 0 aromatic carbocycles. The monoisotopic (exact) mass is 192 g/mol.